The molecule has 4 heteroatoms. The minimum atomic E-state index is -0.0150. The van der Waals surface area contributed by atoms with E-state index in [4.69, 9.17) is 0 Å². The van der Waals surface area contributed by atoms with Crippen LogP contribution in [0.3, 0.4) is 0 Å². The van der Waals surface area contributed by atoms with Crippen LogP contribution in [0.25, 0.3) is 0 Å². The Hall–Kier alpha value is -1.68. The van der Waals surface area contributed by atoms with Crippen LogP contribution in [0.4, 0.5) is 5.69 Å². The molecule has 0 radical (unpaired) electrons. The molecule has 1 unspecified atom stereocenters. The number of nitrogens with one attached hydrogen (secondary N) is 1. The van der Waals surface area contributed by atoms with Crippen LogP contribution in [0.2, 0.25) is 0 Å². The molecule has 1 aliphatic heterocycles. The largest absolute Gasteiger partial charge is 0.325 e. The lowest BCUT2D eigenvalue weighted by molar-refractivity contribution is -0.119. The van der Waals surface area contributed by atoms with Gasteiger partial charge in [0.15, 0.2) is 0 Å². The smallest absolute Gasteiger partial charge is 0.238 e. The second-order valence-corrected chi connectivity index (χ2v) is 6.10. The number of anilines is 1. The summed E-state index contributed by atoms with van der Waals surface area (Å²) in [7, 11) is 0. The van der Waals surface area contributed by atoms with Crippen molar-refractivity contribution in [3.05, 3.63) is 29.8 Å². The monoisotopic (exact) mass is 288 g/mol. The van der Waals surface area contributed by atoms with E-state index < -0.39 is 0 Å². The van der Waals surface area contributed by atoms with E-state index in [2.05, 4.69) is 24.1 Å². The molecule has 1 fully saturated rings. The molecule has 21 heavy (non-hydrogen) atoms. The Balaban J connectivity index is 1.85. The van der Waals surface area contributed by atoms with Gasteiger partial charge in [0.1, 0.15) is 6.29 Å². The van der Waals surface area contributed by atoms with Crippen molar-refractivity contribution in [1.29, 1.82) is 0 Å². The first-order valence-electron chi connectivity index (χ1n) is 7.66. The summed E-state index contributed by atoms with van der Waals surface area (Å²) in [5.74, 6) is 0.555. The molecule has 1 aromatic carbocycles. The highest BCUT2D eigenvalue weighted by atomic mass is 16.2. The predicted octanol–water partition coefficient (Wildman–Crippen LogP) is 2.66. The zero-order chi connectivity index (χ0) is 15.2. The molecule has 114 valence electrons. The average Bonchev–Trinajstić information content (AvgIpc) is 2.47. The maximum absolute atomic E-state index is 12.1. The van der Waals surface area contributed by atoms with Gasteiger partial charge in [0.2, 0.25) is 5.91 Å². The second kappa shape index (κ2) is 7.36. The molecular weight excluding hydrogens is 264 g/mol. The van der Waals surface area contributed by atoms with Crippen LogP contribution in [-0.2, 0) is 9.59 Å². The van der Waals surface area contributed by atoms with Crippen LogP contribution < -0.4 is 5.32 Å². The van der Waals surface area contributed by atoms with Gasteiger partial charge in [-0.05, 0) is 43.0 Å². The summed E-state index contributed by atoms with van der Waals surface area (Å²) in [6, 6.07) is 7.97. The number of benzene rings is 1. The van der Waals surface area contributed by atoms with Gasteiger partial charge < -0.3 is 10.1 Å². The predicted molar refractivity (Wildman–Crippen MR) is 84.4 cm³/mol. The number of carbonyl (C=O) groups excluding carboxylic acids is 2. The summed E-state index contributed by atoms with van der Waals surface area (Å²) in [5, 5.41) is 2.92. The van der Waals surface area contributed by atoms with Crippen molar-refractivity contribution in [3.8, 4) is 0 Å². The van der Waals surface area contributed by atoms with Crippen molar-refractivity contribution in [2.24, 2.45) is 5.92 Å². The fourth-order valence-corrected chi connectivity index (χ4v) is 2.70. The van der Waals surface area contributed by atoms with Crippen LogP contribution in [-0.4, -0.2) is 36.7 Å². The van der Waals surface area contributed by atoms with Gasteiger partial charge in [-0.2, -0.15) is 0 Å². The van der Waals surface area contributed by atoms with Crippen LogP contribution in [0.15, 0.2) is 24.3 Å². The summed E-state index contributed by atoms with van der Waals surface area (Å²) in [4.78, 5) is 25.0. The number of hydrogen-bond acceptors (Lipinski definition) is 3. The standard InChI is InChI=1S/C17H24N2O2/c1-13(2)15-5-7-16(8-6-15)18-17(21)11-19-9-3-4-14(10-19)12-20/h5-8,12-14H,3-4,9-11H2,1-2H3,(H,18,21). The van der Waals surface area contributed by atoms with Gasteiger partial charge >= 0.3 is 0 Å². The Labute approximate surface area is 126 Å². The fraction of sp³-hybridized carbons (Fsp3) is 0.529. The Morgan fingerprint density at radius 1 is 1.38 bits per heavy atom. The van der Waals surface area contributed by atoms with Crippen molar-refractivity contribution in [3.63, 3.8) is 0 Å². The third kappa shape index (κ3) is 4.67. The van der Waals surface area contributed by atoms with Gasteiger partial charge in [0.25, 0.3) is 0 Å². The summed E-state index contributed by atoms with van der Waals surface area (Å²) >= 11 is 0. The molecule has 0 aliphatic carbocycles. The SMILES string of the molecule is CC(C)c1ccc(NC(=O)CN2CCCC(C=O)C2)cc1. The Bertz CT molecular complexity index is 482. The quantitative estimate of drug-likeness (QED) is 0.847. The Morgan fingerprint density at radius 2 is 2.10 bits per heavy atom. The van der Waals surface area contributed by atoms with E-state index in [1.807, 2.05) is 24.3 Å². The zero-order valence-corrected chi connectivity index (χ0v) is 12.8. The van der Waals surface area contributed by atoms with E-state index in [0.717, 1.165) is 31.4 Å². The second-order valence-electron chi connectivity index (χ2n) is 6.10. The first-order chi connectivity index (χ1) is 10.1. The summed E-state index contributed by atoms with van der Waals surface area (Å²) in [5.41, 5.74) is 2.09. The molecule has 1 atom stereocenters. The van der Waals surface area contributed by atoms with Crippen molar-refractivity contribution in [2.75, 3.05) is 25.0 Å². The number of hydrogen-bond donors (Lipinski definition) is 1. The van der Waals surface area contributed by atoms with Gasteiger partial charge in [-0.25, -0.2) is 0 Å². The lowest BCUT2D eigenvalue weighted by atomic mass is 10.00. The topological polar surface area (TPSA) is 49.4 Å². The molecule has 1 aliphatic rings. The fourth-order valence-electron chi connectivity index (χ4n) is 2.70. The van der Waals surface area contributed by atoms with Gasteiger partial charge in [0.05, 0.1) is 6.54 Å². The molecule has 0 spiro atoms. The maximum atomic E-state index is 12.1. The molecule has 1 aromatic rings. The zero-order valence-electron chi connectivity index (χ0n) is 12.8. The Kier molecular flexibility index (Phi) is 5.51. The van der Waals surface area contributed by atoms with Crippen LogP contribution in [0, 0.1) is 5.92 Å². The van der Waals surface area contributed by atoms with Crippen LogP contribution in [0.1, 0.15) is 38.2 Å². The van der Waals surface area contributed by atoms with Gasteiger partial charge in [-0.3, -0.25) is 9.69 Å². The van der Waals surface area contributed by atoms with Crippen molar-refractivity contribution in [2.45, 2.75) is 32.6 Å². The van der Waals surface area contributed by atoms with E-state index in [1.54, 1.807) is 0 Å². The minimum Gasteiger partial charge on any atom is -0.325 e. The van der Waals surface area contributed by atoms with E-state index in [9.17, 15) is 9.59 Å². The van der Waals surface area contributed by atoms with E-state index in [0.29, 0.717) is 19.0 Å². The minimum absolute atomic E-state index is 0.0150. The van der Waals surface area contributed by atoms with Crippen LogP contribution in [0.5, 0.6) is 0 Å². The molecule has 2 rings (SSSR count). The number of rotatable bonds is 5. The third-order valence-electron chi connectivity index (χ3n) is 3.96. The molecule has 1 saturated heterocycles. The molecular formula is C17H24N2O2. The molecule has 4 nitrogen and oxygen atoms in total. The lowest BCUT2D eigenvalue weighted by Gasteiger charge is -2.29. The molecule has 0 bridgehead atoms. The number of aldehydes is 1. The highest BCUT2D eigenvalue weighted by Crippen LogP contribution is 2.17. The van der Waals surface area contributed by atoms with Crippen molar-refractivity contribution < 1.29 is 9.59 Å². The number of likely N-dealkylation sites (tertiary alicyclic amines) is 1. The Morgan fingerprint density at radius 3 is 2.71 bits per heavy atom. The van der Waals surface area contributed by atoms with Crippen LogP contribution >= 0.6 is 0 Å². The maximum Gasteiger partial charge on any atom is 0.238 e. The van der Waals surface area contributed by atoms with Gasteiger partial charge in [-0.1, -0.05) is 26.0 Å². The molecule has 1 heterocycles. The number of piperidine rings is 1. The molecule has 1 amide bonds. The summed E-state index contributed by atoms with van der Waals surface area (Å²) < 4.78 is 0. The number of nitrogens with zero attached hydrogens (tertiary/aromatic N) is 1. The van der Waals surface area contributed by atoms with E-state index in [-0.39, 0.29) is 11.8 Å². The first kappa shape index (κ1) is 15.7. The average molecular weight is 288 g/mol. The number of amides is 1. The highest BCUT2D eigenvalue weighted by molar-refractivity contribution is 5.92. The summed E-state index contributed by atoms with van der Waals surface area (Å²) in [6.45, 7) is 6.24. The third-order valence-corrected chi connectivity index (χ3v) is 3.96. The molecule has 0 aromatic heterocycles. The van der Waals surface area contributed by atoms with E-state index in [1.165, 1.54) is 5.56 Å². The highest BCUT2D eigenvalue weighted by Gasteiger charge is 2.20. The normalized spacial score (nSPS) is 19.5. The first-order valence-corrected chi connectivity index (χ1v) is 7.66. The van der Waals surface area contributed by atoms with Gasteiger partial charge in [-0.15, -0.1) is 0 Å². The molecule has 0 saturated carbocycles. The summed E-state index contributed by atoms with van der Waals surface area (Å²) in [6.07, 6.45) is 2.94. The molecule has 1 N–H and O–H groups in total. The lowest BCUT2D eigenvalue weighted by Crippen LogP contribution is -2.40. The van der Waals surface area contributed by atoms with Gasteiger partial charge in [0, 0.05) is 18.2 Å². The van der Waals surface area contributed by atoms with E-state index >= 15 is 0 Å². The van der Waals surface area contributed by atoms with Crippen molar-refractivity contribution in [1.82, 2.24) is 4.90 Å². The van der Waals surface area contributed by atoms with Crippen molar-refractivity contribution >= 4 is 17.9 Å². The number of carbonyl (C=O) groups is 2.